The molecule has 0 spiro atoms. The second-order valence-electron chi connectivity index (χ2n) is 3.01. The molecule has 7 heteroatoms. The number of carbonyl (C=O) groups excluding carboxylic acids is 2. The third-order valence-corrected chi connectivity index (χ3v) is 2.58. The van der Waals surface area contributed by atoms with Crippen LogP contribution in [0.15, 0.2) is 22.6 Å². The van der Waals surface area contributed by atoms with Gasteiger partial charge in [-0.15, -0.1) is 16.4 Å². The van der Waals surface area contributed by atoms with E-state index in [1.807, 2.05) is 17.5 Å². The molecule has 1 rings (SSSR count). The zero-order valence-corrected chi connectivity index (χ0v) is 10.1. The lowest BCUT2D eigenvalue weighted by molar-refractivity contribution is -0.135. The van der Waals surface area contributed by atoms with E-state index in [2.05, 4.69) is 15.3 Å². The summed E-state index contributed by atoms with van der Waals surface area (Å²) in [5.74, 6) is -1.45. The summed E-state index contributed by atoms with van der Waals surface area (Å²) in [4.78, 5) is 23.3. The number of rotatable bonds is 4. The van der Waals surface area contributed by atoms with Crippen molar-refractivity contribution >= 4 is 29.0 Å². The van der Waals surface area contributed by atoms with Crippen LogP contribution in [-0.4, -0.2) is 24.3 Å². The van der Waals surface area contributed by atoms with E-state index in [9.17, 15) is 9.59 Å². The van der Waals surface area contributed by atoms with Crippen molar-refractivity contribution in [1.29, 1.82) is 0 Å². The molecule has 0 radical (unpaired) electrons. The van der Waals surface area contributed by atoms with Crippen molar-refractivity contribution in [2.75, 3.05) is 6.61 Å². The molecule has 0 aliphatic heterocycles. The van der Waals surface area contributed by atoms with Crippen molar-refractivity contribution in [2.24, 2.45) is 10.8 Å². The smallest absolute Gasteiger partial charge is 0.375 e. The van der Waals surface area contributed by atoms with Gasteiger partial charge in [0.15, 0.2) is 0 Å². The van der Waals surface area contributed by atoms with E-state index in [1.165, 1.54) is 11.3 Å². The molecule has 1 amide bonds. The van der Waals surface area contributed by atoms with E-state index in [4.69, 9.17) is 5.73 Å². The molecule has 1 aromatic rings. The second-order valence-corrected chi connectivity index (χ2v) is 4.04. The molecule has 0 fully saturated rings. The summed E-state index contributed by atoms with van der Waals surface area (Å²) in [7, 11) is 0. The Kier molecular flexibility index (Phi) is 5.15. The number of nitrogens with zero attached hydrogens (tertiary/aromatic N) is 1. The summed E-state index contributed by atoms with van der Waals surface area (Å²) in [5.41, 5.74) is 7.48. The molecule has 17 heavy (non-hydrogen) atoms. The molecule has 0 bridgehead atoms. The van der Waals surface area contributed by atoms with Crippen molar-refractivity contribution in [3.8, 4) is 0 Å². The maximum absolute atomic E-state index is 11.4. The highest BCUT2D eigenvalue weighted by atomic mass is 32.1. The lowest BCUT2D eigenvalue weighted by atomic mass is 10.3. The monoisotopic (exact) mass is 255 g/mol. The number of ether oxygens (including phenoxy) is 1. The van der Waals surface area contributed by atoms with Crippen molar-refractivity contribution in [1.82, 2.24) is 5.43 Å². The van der Waals surface area contributed by atoms with Crippen LogP contribution in [0.1, 0.15) is 11.8 Å². The van der Waals surface area contributed by atoms with Gasteiger partial charge in [-0.2, -0.15) is 0 Å². The Morgan fingerprint density at radius 1 is 1.59 bits per heavy atom. The summed E-state index contributed by atoms with van der Waals surface area (Å²) in [6.07, 6.45) is 0.206. The van der Waals surface area contributed by atoms with Crippen LogP contribution < -0.4 is 11.2 Å². The topological polar surface area (TPSA) is 93.8 Å². The highest BCUT2D eigenvalue weighted by Crippen LogP contribution is 2.08. The maximum Gasteiger partial charge on any atom is 0.375 e. The highest BCUT2D eigenvalue weighted by Gasteiger charge is 2.09. The van der Waals surface area contributed by atoms with Crippen LogP contribution in [0.25, 0.3) is 0 Å². The van der Waals surface area contributed by atoms with Gasteiger partial charge in [-0.1, -0.05) is 6.07 Å². The number of amides is 1. The SMILES string of the molecule is CCOC(=O)C(N)=NNC(=O)Cc1cccs1. The number of nitrogens with one attached hydrogen (secondary N) is 1. The van der Waals surface area contributed by atoms with Gasteiger partial charge in [0.1, 0.15) is 0 Å². The van der Waals surface area contributed by atoms with Crippen LogP contribution in [-0.2, 0) is 20.7 Å². The lowest BCUT2D eigenvalue weighted by Gasteiger charge is -2.01. The zero-order chi connectivity index (χ0) is 12.7. The Morgan fingerprint density at radius 2 is 2.35 bits per heavy atom. The first-order chi connectivity index (χ1) is 8.13. The number of amidine groups is 1. The normalized spacial score (nSPS) is 11.0. The van der Waals surface area contributed by atoms with Crippen molar-refractivity contribution in [3.05, 3.63) is 22.4 Å². The van der Waals surface area contributed by atoms with E-state index < -0.39 is 5.97 Å². The van der Waals surface area contributed by atoms with Gasteiger partial charge in [-0.05, 0) is 18.4 Å². The fourth-order valence-corrected chi connectivity index (χ4v) is 1.69. The molecule has 1 aromatic heterocycles. The van der Waals surface area contributed by atoms with Crippen LogP contribution in [0.3, 0.4) is 0 Å². The molecule has 0 saturated heterocycles. The number of nitrogens with two attached hydrogens (primary N) is 1. The highest BCUT2D eigenvalue weighted by molar-refractivity contribution is 7.10. The van der Waals surface area contributed by atoms with Gasteiger partial charge in [-0.25, -0.2) is 10.2 Å². The minimum Gasteiger partial charge on any atom is -0.460 e. The fraction of sp³-hybridized carbons (Fsp3) is 0.300. The van der Waals surface area contributed by atoms with E-state index in [0.29, 0.717) is 0 Å². The van der Waals surface area contributed by atoms with E-state index in [0.717, 1.165) is 4.88 Å². The first-order valence-electron chi connectivity index (χ1n) is 4.95. The molecule has 0 aliphatic carbocycles. The van der Waals surface area contributed by atoms with Crippen LogP contribution in [0.2, 0.25) is 0 Å². The van der Waals surface area contributed by atoms with Crippen molar-refractivity contribution in [3.63, 3.8) is 0 Å². The number of hydrogen-bond donors (Lipinski definition) is 2. The second kappa shape index (κ2) is 6.64. The van der Waals surface area contributed by atoms with Gasteiger partial charge in [0, 0.05) is 4.88 Å². The van der Waals surface area contributed by atoms with Gasteiger partial charge >= 0.3 is 5.97 Å². The molecule has 0 aliphatic rings. The molecule has 6 nitrogen and oxygen atoms in total. The quantitative estimate of drug-likeness (QED) is 0.349. The predicted octanol–water partition coefficient (Wildman–Crippen LogP) is 0.242. The minimum absolute atomic E-state index is 0.206. The Bertz CT molecular complexity index is 414. The average molecular weight is 255 g/mol. The molecule has 0 atom stereocenters. The van der Waals surface area contributed by atoms with E-state index in [-0.39, 0.29) is 24.8 Å². The number of thiophene rings is 1. The molecular weight excluding hydrogens is 242 g/mol. The largest absolute Gasteiger partial charge is 0.460 e. The molecular formula is C10H13N3O3S. The Morgan fingerprint density at radius 3 is 2.94 bits per heavy atom. The standard InChI is InChI=1S/C10H13N3O3S/c1-2-16-10(15)9(11)13-12-8(14)6-7-4-3-5-17-7/h3-5H,2,6H2,1H3,(H2,11,13)(H,12,14). The van der Waals surface area contributed by atoms with Crippen molar-refractivity contribution in [2.45, 2.75) is 13.3 Å². The molecule has 3 N–H and O–H groups in total. The zero-order valence-electron chi connectivity index (χ0n) is 9.30. The summed E-state index contributed by atoms with van der Waals surface area (Å²) < 4.78 is 4.60. The number of hydrogen-bond acceptors (Lipinski definition) is 5. The molecule has 92 valence electrons. The van der Waals surface area contributed by atoms with Gasteiger partial charge < -0.3 is 10.5 Å². The first-order valence-corrected chi connectivity index (χ1v) is 5.83. The van der Waals surface area contributed by atoms with E-state index >= 15 is 0 Å². The van der Waals surface area contributed by atoms with Crippen LogP contribution in [0.4, 0.5) is 0 Å². The fourth-order valence-electron chi connectivity index (χ4n) is 0.984. The third kappa shape index (κ3) is 4.64. The Hall–Kier alpha value is -1.89. The molecule has 1 heterocycles. The predicted molar refractivity (Wildman–Crippen MR) is 64.4 cm³/mol. The van der Waals surface area contributed by atoms with Gasteiger partial charge in [0.05, 0.1) is 13.0 Å². The lowest BCUT2D eigenvalue weighted by Crippen LogP contribution is -2.31. The van der Waals surface area contributed by atoms with Crippen molar-refractivity contribution < 1.29 is 14.3 Å². The maximum atomic E-state index is 11.4. The van der Waals surface area contributed by atoms with Crippen LogP contribution >= 0.6 is 11.3 Å². The summed E-state index contributed by atoms with van der Waals surface area (Å²) in [5, 5.41) is 5.32. The molecule has 0 saturated carbocycles. The van der Waals surface area contributed by atoms with E-state index in [1.54, 1.807) is 6.92 Å². The molecule has 0 unspecified atom stereocenters. The summed E-state index contributed by atoms with van der Waals surface area (Å²) >= 11 is 1.47. The Labute approximate surface area is 102 Å². The van der Waals surface area contributed by atoms with Crippen LogP contribution in [0.5, 0.6) is 0 Å². The van der Waals surface area contributed by atoms with Gasteiger partial charge in [-0.3, -0.25) is 4.79 Å². The van der Waals surface area contributed by atoms with Gasteiger partial charge in [0.25, 0.3) is 0 Å². The molecule has 0 aromatic carbocycles. The summed E-state index contributed by atoms with van der Waals surface area (Å²) in [6, 6.07) is 3.69. The minimum atomic E-state index is -0.746. The average Bonchev–Trinajstić information content (AvgIpc) is 2.79. The third-order valence-electron chi connectivity index (χ3n) is 1.70. The number of esters is 1. The summed E-state index contributed by atoms with van der Waals surface area (Å²) in [6.45, 7) is 1.86. The van der Waals surface area contributed by atoms with Crippen LogP contribution in [0, 0.1) is 0 Å². The number of hydrazone groups is 1. The van der Waals surface area contributed by atoms with Gasteiger partial charge in [0.2, 0.25) is 11.7 Å². The Balaban J connectivity index is 2.41. The first kappa shape index (κ1) is 13.2. The number of carbonyl (C=O) groups is 2.